The minimum absolute atomic E-state index is 0.00203. The summed E-state index contributed by atoms with van der Waals surface area (Å²) in [6.45, 7) is 12.5. The van der Waals surface area contributed by atoms with Gasteiger partial charge in [0.25, 0.3) is 65.8 Å². The summed E-state index contributed by atoms with van der Waals surface area (Å²) in [5.74, 6) is -0.0690. The average molecular weight is 1730 g/mol. The molecule has 0 aliphatic carbocycles. The Morgan fingerprint density at radius 1 is 0.345 bits per heavy atom. The Kier molecular flexibility index (Phi) is 24.9. The minimum Gasteiger partial charge on any atom is -0.497 e. The van der Waals surface area contributed by atoms with E-state index in [-0.39, 0.29) is 85.4 Å². The number of aromatic nitrogens is 4. The number of piperazine rings is 4. The smallest absolute Gasteiger partial charge is 0.268 e. The quantitative estimate of drug-likeness (QED) is 0.0622. The molecule has 0 spiro atoms. The molecule has 12 aromatic rings. The van der Waals surface area contributed by atoms with Crippen molar-refractivity contribution < 1.29 is 77.9 Å². The zero-order valence-corrected chi connectivity index (χ0v) is 65.7. The molecule has 4 N–H and O–H groups in total. The van der Waals surface area contributed by atoms with Crippen molar-refractivity contribution in [2.45, 2.75) is 45.3 Å². The van der Waals surface area contributed by atoms with Crippen LogP contribution in [-0.4, -0.2) is 161 Å². The first-order chi connectivity index (χ1) is 54.0. The predicted molar refractivity (Wildman–Crippen MR) is 423 cm³/mol. The van der Waals surface area contributed by atoms with Crippen molar-refractivity contribution in [3.8, 4) is 5.75 Å². The van der Waals surface area contributed by atoms with Gasteiger partial charge in [-0.1, -0.05) is 27.5 Å². The van der Waals surface area contributed by atoms with Crippen LogP contribution in [0, 0.1) is 5.82 Å². The number of alkyl halides is 8. The molecule has 4 aromatic heterocycles. The van der Waals surface area contributed by atoms with E-state index < -0.39 is 71.6 Å². The van der Waals surface area contributed by atoms with Crippen LogP contribution in [0.4, 0.5) is 62.3 Å². The molecule has 0 radical (unpaired) electrons. The Bertz CT molecular complexity index is 5460. The Balaban J connectivity index is 0.000000132. The third-order valence-electron chi connectivity index (χ3n) is 19.7. The van der Waals surface area contributed by atoms with Gasteiger partial charge in [-0.25, -0.2) is 89.1 Å². The van der Waals surface area contributed by atoms with Crippen LogP contribution in [0.3, 0.4) is 0 Å². The molecular formula is C77H75BrClF9N12O9S4. The van der Waals surface area contributed by atoms with E-state index in [4.69, 9.17) is 16.3 Å². The number of methoxy groups -OCH3 is 1. The molecule has 4 saturated heterocycles. The Hall–Kier alpha value is -9.30. The van der Waals surface area contributed by atoms with Gasteiger partial charge >= 0.3 is 0 Å². The van der Waals surface area contributed by atoms with Crippen LogP contribution in [0.5, 0.6) is 5.75 Å². The van der Waals surface area contributed by atoms with E-state index in [0.29, 0.717) is 10.8 Å². The Labute approximate surface area is 659 Å². The number of fused-ring (bicyclic) bond motifs is 4. The zero-order valence-electron chi connectivity index (χ0n) is 60.1. The summed E-state index contributed by atoms with van der Waals surface area (Å²) in [5.41, 5.74) is 2.83. The van der Waals surface area contributed by atoms with Crippen molar-refractivity contribution in [3.63, 3.8) is 0 Å². The van der Waals surface area contributed by atoms with E-state index in [1.807, 2.05) is 0 Å². The summed E-state index contributed by atoms with van der Waals surface area (Å²) in [4.78, 5) is 8.22. The predicted octanol–water partition coefficient (Wildman–Crippen LogP) is 14.5. The van der Waals surface area contributed by atoms with Gasteiger partial charge in [0.1, 0.15) is 11.6 Å². The standard InChI is InChI=1S/C20H21F2N3O3S.C19H18BrF2N3O2S.C19H18ClF2N3O2S.C19H18F3N3O2S/c1-28-15-3-5-16(6-4-15)29(26,27)25-13-18(20(21)22)17-12-14(2-7-19(17)25)24-10-8-23-9-11-24;3*20-13-1-4-15(5-2-13)28(26,27)25-12-17(19(21)22)16-11-14(3-6-18(16)25)24-9-7-23-8-10-24/h2-7,12-13,20,23H,8-11H2,1H3;3*1-6,11-12,19,23H,7-10H2. The number of nitrogens with one attached hydrogen (secondary N) is 4. The molecular weight excluding hydrogens is 1650 g/mol. The molecule has 113 heavy (non-hydrogen) atoms. The lowest BCUT2D eigenvalue weighted by Gasteiger charge is -2.29. The molecule has 598 valence electrons. The van der Waals surface area contributed by atoms with Gasteiger partial charge in [0.2, 0.25) is 0 Å². The molecule has 0 saturated carbocycles. The highest BCUT2D eigenvalue weighted by molar-refractivity contribution is 9.10. The largest absolute Gasteiger partial charge is 0.497 e. The number of benzene rings is 8. The average Bonchev–Trinajstić information content (AvgIpc) is 1.65. The number of halogens is 11. The van der Waals surface area contributed by atoms with Gasteiger partial charge in [-0.3, -0.25) is 0 Å². The third kappa shape index (κ3) is 17.4. The number of ether oxygens (including phenoxy) is 1. The van der Waals surface area contributed by atoms with E-state index in [1.165, 1.54) is 67.8 Å². The van der Waals surface area contributed by atoms with Gasteiger partial charge in [-0.2, -0.15) is 0 Å². The molecule has 0 unspecified atom stereocenters. The number of nitrogens with zero attached hydrogens (tertiary/aromatic N) is 8. The first-order valence-electron chi connectivity index (χ1n) is 35.5. The van der Waals surface area contributed by atoms with E-state index in [9.17, 15) is 73.2 Å². The molecule has 0 atom stereocenters. The fraction of sp³-hybridized carbons (Fsp3) is 0.273. The van der Waals surface area contributed by atoms with Crippen LogP contribution in [0.15, 0.2) is 219 Å². The maximum absolute atomic E-state index is 13.7. The fourth-order valence-electron chi connectivity index (χ4n) is 13.8. The normalized spacial score (nSPS) is 15.4. The van der Waals surface area contributed by atoms with Crippen molar-refractivity contribution in [3.05, 3.63) is 232 Å². The van der Waals surface area contributed by atoms with E-state index in [2.05, 4.69) is 56.8 Å². The molecule has 0 amide bonds. The van der Waals surface area contributed by atoms with Gasteiger partial charge in [0, 0.05) is 206 Å². The Morgan fingerprint density at radius 3 is 0.814 bits per heavy atom. The number of rotatable bonds is 17. The monoisotopic (exact) mass is 1720 g/mol. The van der Waals surface area contributed by atoms with E-state index >= 15 is 0 Å². The third-order valence-corrected chi connectivity index (χ3v) is 27.3. The highest BCUT2D eigenvalue weighted by Gasteiger charge is 2.31. The summed E-state index contributed by atoms with van der Waals surface area (Å²) < 4.78 is 236. The van der Waals surface area contributed by atoms with Crippen LogP contribution >= 0.6 is 27.5 Å². The van der Waals surface area contributed by atoms with Gasteiger partial charge in [0.05, 0.1) is 48.8 Å². The fourth-order valence-corrected chi connectivity index (χ4v) is 19.7. The molecule has 8 aromatic carbocycles. The highest BCUT2D eigenvalue weighted by Crippen LogP contribution is 2.41. The number of hydrogen-bond acceptors (Lipinski definition) is 17. The van der Waals surface area contributed by atoms with Crippen LogP contribution in [0.2, 0.25) is 5.02 Å². The Morgan fingerprint density at radius 2 is 0.575 bits per heavy atom. The van der Waals surface area contributed by atoms with Crippen LogP contribution in [0.25, 0.3) is 43.6 Å². The zero-order chi connectivity index (χ0) is 80.3. The van der Waals surface area contributed by atoms with Crippen molar-refractivity contribution in [2.24, 2.45) is 0 Å². The lowest BCUT2D eigenvalue weighted by atomic mass is 10.1. The second-order valence-electron chi connectivity index (χ2n) is 26.5. The molecule has 16 rings (SSSR count). The van der Waals surface area contributed by atoms with Crippen LogP contribution < -0.4 is 45.6 Å². The SMILES string of the molecule is COc1ccc(S(=O)(=O)n2cc(C(F)F)c3cc(N4CCNCC4)ccc32)cc1.O=S(=O)(c1ccc(Br)cc1)n1cc(C(F)F)c2cc(N3CCNCC3)ccc21.O=S(=O)(c1ccc(Cl)cc1)n1cc(C(F)F)c2cc(N3CCNCC3)ccc21.O=S(=O)(c1ccc(F)cc1)n1cc(C(F)F)c2cc(N3CCNCC3)ccc21. The molecule has 21 nitrogen and oxygen atoms in total. The molecule has 36 heteroatoms. The van der Waals surface area contributed by atoms with E-state index in [1.54, 1.807) is 84.9 Å². The van der Waals surface area contributed by atoms with Gasteiger partial charge in [-0.05, 0) is 170 Å². The summed E-state index contributed by atoms with van der Waals surface area (Å²) in [7, 11) is -14.7. The summed E-state index contributed by atoms with van der Waals surface area (Å²) in [6, 6.07) is 41.9. The molecule has 0 bridgehead atoms. The van der Waals surface area contributed by atoms with Gasteiger partial charge in [-0.15, -0.1) is 0 Å². The van der Waals surface area contributed by atoms with Gasteiger partial charge < -0.3 is 45.6 Å². The second kappa shape index (κ2) is 34.4. The first-order valence-corrected chi connectivity index (χ1v) is 42.5. The molecule has 4 fully saturated rings. The van der Waals surface area contributed by atoms with Crippen molar-refractivity contribution in [2.75, 3.05) is 131 Å². The van der Waals surface area contributed by atoms with Gasteiger partial charge in [0.15, 0.2) is 0 Å². The summed E-state index contributed by atoms with van der Waals surface area (Å²) >= 11 is 9.10. The van der Waals surface area contributed by atoms with Crippen molar-refractivity contribution in [1.29, 1.82) is 0 Å². The maximum atomic E-state index is 13.7. The van der Waals surface area contributed by atoms with E-state index in [0.717, 1.165) is 197 Å². The number of anilines is 4. The maximum Gasteiger partial charge on any atom is 0.268 e. The topological polar surface area (TPSA) is 227 Å². The van der Waals surface area contributed by atoms with Crippen LogP contribution in [0.1, 0.15) is 48.0 Å². The second-order valence-corrected chi connectivity index (χ2v) is 35.1. The lowest BCUT2D eigenvalue weighted by Crippen LogP contribution is -2.43. The van der Waals surface area contributed by atoms with Crippen molar-refractivity contribution in [1.82, 2.24) is 37.2 Å². The van der Waals surface area contributed by atoms with Crippen LogP contribution in [-0.2, 0) is 40.1 Å². The number of hydrogen-bond donors (Lipinski definition) is 4. The molecule has 4 aliphatic rings. The highest BCUT2D eigenvalue weighted by atomic mass is 79.9. The minimum atomic E-state index is -4.14. The lowest BCUT2D eigenvalue weighted by molar-refractivity contribution is 0.152. The summed E-state index contributed by atoms with van der Waals surface area (Å²) in [5, 5.41) is 14.3. The molecule has 8 heterocycles. The molecule has 4 aliphatic heterocycles. The summed E-state index contributed by atoms with van der Waals surface area (Å²) in [6.07, 6.45) is -7.15. The van der Waals surface area contributed by atoms with Crippen molar-refractivity contribution >= 4 is 134 Å². The first kappa shape index (κ1) is 81.7.